The fourth-order valence-electron chi connectivity index (χ4n) is 2.77. The predicted molar refractivity (Wildman–Crippen MR) is 107 cm³/mol. The lowest BCUT2D eigenvalue weighted by atomic mass is 10.1. The van der Waals surface area contributed by atoms with Crippen LogP contribution in [0.2, 0.25) is 0 Å². The number of aryl methyl sites for hydroxylation is 1. The number of amides is 1. The van der Waals surface area contributed by atoms with Gasteiger partial charge in [0.25, 0.3) is 5.91 Å². The number of benzene rings is 2. The summed E-state index contributed by atoms with van der Waals surface area (Å²) in [5, 5.41) is 5.37. The van der Waals surface area contributed by atoms with E-state index in [0.717, 1.165) is 17.7 Å². The van der Waals surface area contributed by atoms with E-state index in [1.54, 1.807) is 24.3 Å². The van der Waals surface area contributed by atoms with Crippen LogP contribution >= 0.6 is 11.3 Å². The molecule has 0 aliphatic heterocycles. The number of carbonyl (C=O) groups excluding carboxylic acids is 1. The van der Waals surface area contributed by atoms with Crippen molar-refractivity contribution in [3.05, 3.63) is 81.5 Å². The third kappa shape index (κ3) is 3.39. The second kappa shape index (κ2) is 7.17. The highest BCUT2D eigenvalue weighted by Crippen LogP contribution is 2.25. The molecule has 0 saturated heterocycles. The monoisotopic (exact) mass is 376 g/mol. The number of fused-ring (bicyclic) bond motifs is 1. The van der Waals surface area contributed by atoms with E-state index in [9.17, 15) is 9.59 Å². The van der Waals surface area contributed by atoms with Crippen molar-refractivity contribution in [2.75, 3.05) is 5.32 Å². The van der Waals surface area contributed by atoms with E-state index in [1.165, 1.54) is 23.2 Å². The number of rotatable bonds is 4. The van der Waals surface area contributed by atoms with E-state index < -0.39 is 5.91 Å². The number of anilines is 1. The highest BCUT2D eigenvalue weighted by Gasteiger charge is 2.16. The predicted octanol–water partition coefficient (Wildman–Crippen LogP) is 4.73. The Bertz CT molecular complexity index is 1180. The molecule has 2 aromatic heterocycles. The molecule has 134 valence electrons. The van der Waals surface area contributed by atoms with Gasteiger partial charge >= 0.3 is 0 Å². The third-order valence-electron chi connectivity index (χ3n) is 4.31. The van der Waals surface area contributed by atoms with Crippen LogP contribution in [0, 0.1) is 0 Å². The van der Waals surface area contributed by atoms with Crippen molar-refractivity contribution in [3.63, 3.8) is 0 Å². The molecule has 27 heavy (non-hydrogen) atoms. The highest BCUT2D eigenvalue weighted by atomic mass is 32.1. The van der Waals surface area contributed by atoms with Crippen LogP contribution in [0.15, 0.2) is 69.4 Å². The summed E-state index contributed by atoms with van der Waals surface area (Å²) in [6.07, 6.45) is 2.17. The van der Waals surface area contributed by atoms with Gasteiger partial charge in [-0.25, -0.2) is 4.98 Å². The van der Waals surface area contributed by atoms with Crippen molar-refractivity contribution >= 4 is 33.3 Å². The van der Waals surface area contributed by atoms with Crippen LogP contribution < -0.4 is 10.7 Å². The average molecular weight is 376 g/mol. The van der Waals surface area contributed by atoms with Crippen molar-refractivity contribution in [2.24, 2.45) is 0 Å². The largest absolute Gasteiger partial charge is 0.463 e. The molecular weight excluding hydrogens is 360 g/mol. The number of nitrogens with zero attached hydrogens (tertiary/aromatic N) is 1. The van der Waals surface area contributed by atoms with Gasteiger partial charge in [0.15, 0.2) is 5.13 Å². The zero-order chi connectivity index (χ0) is 18.8. The first kappa shape index (κ1) is 17.2. The minimum absolute atomic E-state index is 0.0438. The smallest absolute Gasteiger partial charge is 0.264 e. The SMILES string of the molecule is CCc1ccc(-c2csc(NC(=O)c3coc4ccccc4c3=O)n2)cc1. The van der Waals surface area contributed by atoms with Gasteiger partial charge in [-0.05, 0) is 24.1 Å². The maximum atomic E-state index is 12.5. The first-order chi connectivity index (χ1) is 13.2. The number of aromatic nitrogens is 1. The molecule has 0 saturated carbocycles. The minimum atomic E-state index is -0.531. The maximum Gasteiger partial charge on any atom is 0.264 e. The van der Waals surface area contributed by atoms with Crippen LogP contribution in [-0.2, 0) is 6.42 Å². The van der Waals surface area contributed by atoms with E-state index in [1.807, 2.05) is 17.5 Å². The van der Waals surface area contributed by atoms with Crippen molar-refractivity contribution < 1.29 is 9.21 Å². The lowest BCUT2D eigenvalue weighted by Gasteiger charge is -2.02. The molecule has 0 radical (unpaired) electrons. The number of hydrogen-bond donors (Lipinski definition) is 1. The summed E-state index contributed by atoms with van der Waals surface area (Å²) in [5.41, 5.74) is 3.06. The summed E-state index contributed by atoms with van der Waals surface area (Å²) in [6, 6.07) is 15.0. The molecule has 0 fully saturated rings. The second-order valence-corrected chi connectivity index (χ2v) is 6.88. The molecule has 1 N–H and O–H groups in total. The third-order valence-corrected chi connectivity index (χ3v) is 5.06. The van der Waals surface area contributed by atoms with Crippen molar-refractivity contribution in [1.82, 2.24) is 4.98 Å². The first-order valence-electron chi connectivity index (χ1n) is 8.52. The fraction of sp³-hybridized carbons (Fsp3) is 0.0952. The molecule has 2 aromatic carbocycles. The molecule has 0 spiro atoms. The van der Waals surface area contributed by atoms with Crippen molar-refractivity contribution in [3.8, 4) is 11.3 Å². The molecule has 2 heterocycles. The Morgan fingerprint density at radius 2 is 1.93 bits per heavy atom. The normalized spacial score (nSPS) is 10.9. The lowest BCUT2D eigenvalue weighted by molar-refractivity contribution is 0.102. The van der Waals surface area contributed by atoms with Crippen LogP contribution in [0.1, 0.15) is 22.8 Å². The molecule has 4 rings (SSSR count). The number of carbonyl (C=O) groups is 1. The number of nitrogens with one attached hydrogen (secondary N) is 1. The minimum Gasteiger partial charge on any atom is -0.463 e. The molecule has 4 aromatic rings. The zero-order valence-electron chi connectivity index (χ0n) is 14.6. The molecule has 0 aliphatic rings. The van der Waals surface area contributed by atoms with Crippen molar-refractivity contribution in [1.29, 1.82) is 0 Å². The fourth-order valence-corrected chi connectivity index (χ4v) is 3.49. The number of thiazole rings is 1. The van der Waals surface area contributed by atoms with E-state index in [0.29, 0.717) is 16.1 Å². The summed E-state index contributed by atoms with van der Waals surface area (Å²) in [7, 11) is 0. The standard InChI is InChI=1S/C21H16N2O3S/c1-2-13-7-9-14(10-8-13)17-12-27-21(22-17)23-20(25)16-11-26-18-6-4-3-5-15(18)19(16)24/h3-12H,2H2,1H3,(H,22,23,25). The van der Waals surface area contributed by atoms with Crippen LogP contribution in [0.5, 0.6) is 0 Å². The first-order valence-corrected chi connectivity index (χ1v) is 9.40. The van der Waals surface area contributed by atoms with Gasteiger partial charge in [0.2, 0.25) is 5.43 Å². The number of para-hydroxylation sites is 1. The van der Waals surface area contributed by atoms with Crippen molar-refractivity contribution in [2.45, 2.75) is 13.3 Å². The van der Waals surface area contributed by atoms with E-state index in [2.05, 4.69) is 29.4 Å². The van der Waals surface area contributed by atoms with Gasteiger partial charge in [0, 0.05) is 10.9 Å². The molecule has 0 aliphatic carbocycles. The zero-order valence-corrected chi connectivity index (χ0v) is 15.4. The Hall–Kier alpha value is -3.25. The van der Waals surface area contributed by atoms with E-state index in [4.69, 9.17) is 4.42 Å². The Labute approximate surface area is 159 Å². The molecular formula is C21H16N2O3S. The van der Waals surface area contributed by atoms with Gasteiger partial charge in [0.05, 0.1) is 11.1 Å². The second-order valence-electron chi connectivity index (χ2n) is 6.02. The topological polar surface area (TPSA) is 72.2 Å². The Kier molecular flexibility index (Phi) is 4.56. The van der Waals surface area contributed by atoms with Gasteiger partial charge in [-0.3, -0.25) is 14.9 Å². The molecule has 1 amide bonds. The van der Waals surface area contributed by atoms with Crippen LogP contribution in [-0.4, -0.2) is 10.9 Å². The van der Waals surface area contributed by atoms with Gasteiger partial charge in [-0.15, -0.1) is 11.3 Å². The molecule has 0 unspecified atom stereocenters. The van der Waals surface area contributed by atoms with Gasteiger partial charge in [0.1, 0.15) is 17.4 Å². The summed E-state index contributed by atoms with van der Waals surface area (Å²) in [4.78, 5) is 29.5. The Morgan fingerprint density at radius 3 is 2.70 bits per heavy atom. The summed E-state index contributed by atoms with van der Waals surface area (Å²) in [6.45, 7) is 2.11. The van der Waals surface area contributed by atoms with Gasteiger partial charge in [-0.1, -0.05) is 43.3 Å². The highest BCUT2D eigenvalue weighted by molar-refractivity contribution is 7.14. The quantitative estimate of drug-likeness (QED) is 0.559. The van der Waals surface area contributed by atoms with Crippen LogP contribution in [0.25, 0.3) is 22.2 Å². The Morgan fingerprint density at radius 1 is 1.15 bits per heavy atom. The summed E-state index contributed by atoms with van der Waals surface area (Å²) in [5.74, 6) is -0.531. The van der Waals surface area contributed by atoms with Crippen LogP contribution in [0.3, 0.4) is 0 Å². The average Bonchev–Trinajstić information content (AvgIpc) is 3.17. The Balaban J connectivity index is 1.58. The number of hydrogen-bond acceptors (Lipinski definition) is 5. The summed E-state index contributed by atoms with van der Waals surface area (Å²) < 4.78 is 5.40. The summed E-state index contributed by atoms with van der Waals surface area (Å²) >= 11 is 1.31. The molecule has 6 heteroatoms. The molecule has 0 atom stereocenters. The molecule has 0 bridgehead atoms. The van der Waals surface area contributed by atoms with Gasteiger partial charge in [-0.2, -0.15) is 0 Å². The maximum absolute atomic E-state index is 12.5. The van der Waals surface area contributed by atoms with E-state index in [-0.39, 0.29) is 11.0 Å². The lowest BCUT2D eigenvalue weighted by Crippen LogP contribution is -2.21. The van der Waals surface area contributed by atoms with Gasteiger partial charge < -0.3 is 4.42 Å². The van der Waals surface area contributed by atoms with E-state index >= 15 is 0 Å². The molecule has 5 nitrogen and oxygen atoms in total. The van der Waals surface area contributed by atoms with Crippen LogP contribution in [0.4, 0.5) is 5.13 Å².